The van der Waals surface area contributed by atoms with Crippen LogP contribution in [0.15, 0.2) is 46.9 Å². The number of aliphatic hydroxyl groups excluding tert-OH is 1. The summed E-state index contributed by atoms with van der Waals surface area (Å²) in [7, 11) is 3.18. The molecule has 2 aromatic carbocycles. The molecule has 0 amide bonds. The van der Waals surface area contributed by atoms with Crippen molar-refractivity contribution in [2.45, 2.75) is 6.10 Å². The topological polar surface area (TPSA) is 50.7 Å². The molecular weight excluding hydrogens is 334 g/mol. The first-order chi connectivity index (χ1) is 10.1. The van der Waals surface area contributed by atoms with Crippen molar-refractivity contribution in [2.24, 2.45) is 0 Å². The molecule has 21 heavy (non-hydrogen) atoms. The molecule has 0 heterocycles. The summed E-state index contributed by atoms with van der Waals surface area (Å²) >= 11 is 3.42. The second kappa shape index (κ2) is 7.33. The van der Waals surface area contributed by atoms with Gasteiger partial charge in [-0.2, -0.15) is 0 Å². The minimum absolute atomic E-state index is 0.375. The summed E-state index contributed by atoms with van der Waals surface area (Å²) in [4.78, 5) is 0. The fourth-order valence-corrected chi connectivity index (χ4v) is 2.42. The summed E-state index contributed by atoms with van der Waals surface area (Å²) in [6, 6.07) is 13.2. The summed E-state index contributed by atoms with van der Waals surface area (Å²) in [5, 5.41) is 13.6. The first kappa shape index (κ1) is 15.7. The highest BCUT2D eigenvalue weighted by molar-refractivity contribution is 9.10. The van der Waals surface area contributed by atoms with Crippen molar-refractivity contribution in [1.82, 2.24) is 0 Å². The second-order valence-electron chi connectivity index (χ2n) is 4.51. The van der Waals surface area contributed by atoms with E-state index < -0.39 is 6.10 Å². The molecule has 2 rings (SSSR count). The zero-order valence-electron chi connectivity index (χ0n) is 12.0. The number of rotatable bonds is 6. The Hall–Kier alpha value is -1.72. The number of nitrogens with one attached hydrogen (secondary N) is 1. The molecule has 0 spiro atoms. The lowest BCUT2D eigenvalue weighted by atomic mass is 10.1. The van der Waals surface area contributed by atoms with E-state index in [1.807, 2.05) is 24.3 Å². The van der Waals surface area contributed by atoms with E-state index in [2.05, 4.69) is 21.2 Å². The number of hydrogen-bond donors (Lipinski definition) is 2. The van der Waals surface area contributed by atoms with Crippen LogP contribution < -0.4 is 14.8 Å². The minimum atomic E-state index is -0.700. The SMILES string of the molecule is COc1ccc(OC)c(C(O)CNc2cccc(Br)c2)c1. The van der Waals surface area contributed by atoms with Gasteiger partial charge in [0.1, 0.15) is 11.5 Å². The third-order valence-corrected chi connectivity index (χ3v) is 3.61. The Morgan fingerprint density at radius 2 is 1.95 bits per heavy atom. The number of benzene rings is 2. The van der Waals surface area contributed by atoms with Crippen LogP contribution in [0.4, 0.5) is 5.69 Å². The van der Waals surface area contributed by atoms with Crippen LogP contribution in [0.25, 0.3) is 0 Å². The monoisotopic (exact) mass is 351 g/mol. The van der Waals surface area contributed by atoms with E-state index in [-0.39, 0.29) is 0 Å². The van der Waals surface area contributed by atoms with Crippen LogP contribution in [-0.4, -0.2) is 25.9 Å². The Labute approximate surface area is 132 Å². The average molecular weight is 352 g/mol. The van der Waals surface area contributed by atoms with Gasteiger partial charge in [-0.15, -0.1) is 0 Å². The van der Waals surface area contributed by atoms with Crippen molar-refractivity contribution in [3.8, 4) is 11.5 Å². The molecule has 0 aliphatic rings. The van der Waals surface area contributed by atoms with E-state index in [9.17, 15) is 5.11 Å². The van der Waals surface area contributed by atoms with E-state index in [0.29, 0.717) is 23.6 Å². The largest absolute Gasteiger partial charge is 0.497 e. The molecule has 0 saturated carbocycles. The van der Waals surface area contributed by atoms with Gasteiger partial charge in [0.15, 0.2) is 0 Å². The summed E-state index contributed by atoms with van der Waals surface area (Å²) < 4.78 is 11.5. The third-order valence-electron chi connectivity index (χ3n) is 3.12. The van der Waals surface area contributed by atoms with Crippen molar-refractivity contribution in [3.05, 3.63) is 52.5 Å². The fraction of sp³-hybridized carbons (Fsp3) is 0.250. The number of ether oxygens (including phenoxy) is 2. The molecule has 0 fully saturated rings. The number of halogens is 1. The van der Waals surface area contributed by atoms with Gasteiger partial charge in [-0.25, -0.2) is 0 Å². The van der Waals surface area contributed by atoms with E-state index in [1.54, 1.807) is 32.4 Å². The molecule has 4 nitrogen and oxygen atoms in total. The molecule has 2 N–H and O–H groups in total. The van der Waals surface area contributed by atoms with Crippen LogP contribution in [0.5, 0.6) is 11.5 Å². The van der Waals surface area contributed by atoms with Gasteiger partial charge in [-0.1, -0.05) is 22.0 Å². The molecule has 0 saturated heterocycles. The van der Waals surface area contributed by atoms with Gasteiger partial charge in [-0.05, 0) is 36.4 Å². The second-order valence-corrected chi connectivity index (χ2v) is 5.43. The smallest absolute Gasteiger partial charge is 0.124 e. The predicted octanol–water partition coefficient (Wildman–Crippen LogP) is 3.61. The van der Waals surface area contributed by atoms with Crippen molar-refractivity contribution in [1.29, 1.82) is 0 Å². The van der Waals surface area contributed by atoms with E-state index in [1.165, 1.54) is 0 Å². The Balaban J connectivity index is 2.10. The van der Waals surface area contributed by atoms with Gasteiger partial charge in [0.05, 0.1) is 20.3 Å². The number of aliphatic hydroxyl groups is 1. The van der Waals surface area contributed by atoms with Crippen LogP contribution in [0, 0.1) is 0 Å². The number of anilines is 1. The Kier molecular flexibility index (Phi) is 5.47. The maximum atomic E-state index is 10.4. The highest BCUT2D eigenvalue weighted by Gasteiger charge is 2.14. The third kappa shape index (κ3) is 4.12. The Morgan fingerprint density at radius 1 is 1.14 bits per heavy atom. The van der Waals surface area contributed by atoms with Gasteiger partial charge in [0, 0.05) is 22.3 Å². The molecule has 5 heteroatoms. The van der Waals surface area contributed by atoms with Crippen LogP contribution >= 0.6 is 15.9 Å². The zero-order valence-corrected chi connectivity index (χ0v) is 13.6. The molecule has 1 unspecified atom stereocenters. The molecule has 0 bridgehead atoms. The fourth-order valence-electron chi connectivity index (χ4n) is 2.02. The van der Waals surface area contributed by atoms with Crippen LogP contribution in [0.3, 0.4) is 0 Å². The lowest BCUT2D eigenvalue weighted by molar-refractivity contribution is 0.186. The summed E-state index contributed by atoms with van der Waals surface area (Å²) in [5.41, 5.74) is 1.63. The van der Waals surface area contributed by atoms with Gasteiger partial charge in [-0.3, -0.25) is 0 Å². The van der Waals surface area contributed by atoms with Crippen LogP contribution in [-0.2, 0) is 0 Å². The summed E-state index contributed by atoms with van der Waals surface area (Å²) in [6.45, 7) is 0.375. The molecule has 112 valence electrons. The molecular formula is C16H18BrNO3. The van der Waals surface area contributed by atoms with Crippen LogP contribution in [0.1, 0.15) is 11.7 Å². The lowest BCUT2D eigenvalue weighted by Gasteiger charge is -2.17. The summed E-state index contributed by atoms with van der Waals surface area (Å²) in [6.07, 6.45) is -0.700. The lowest BCUT2D eigenvalue weighted by Crippen LogP contribution is -2.13. The minimum Gasteiger partial charge on any atom is -0.497 e. The highest BCUT2D eigenvalue weighted by atomic mass is 79.9. The van der Waals surface area contributed by atoms with Crippen molar-refractivity contribution in [2.75, 3.05) is 26.1 Å². The van der Waals surface area contributed by atoms with Gasteiger partial charge in [0.2, 0.25) is 0 Å². The molecule has 0 radical (unpaired) electrons. The van der Waals surface area contributed by atoms with Crippen LogP contribution in [0.2, 0.25) is 0 Å². The average Bonchev–Trinajstić information content (AvgIpc) is 2.52. The van der Waals surface area contributed by atoms with E-state index in [0.717, 1.165) is 10.2 Å². The first-order valence-corrected chi connectivity index (χ1v) is 7.32. The predicted molar refractivity (Wildman–Crippen MR) is 87.1 cm³/mol. The zero-order chi connectivity index (χ0) is 15.2. The summed E-state index contributed by atoms with van der Waals surface area (Å²) in [5.74, 6) is 1.33. The van der Waals surface area contributed by atoms with Crippen molar-refractivity contribution < 1.29 is 14.6 Å². The maximum Gasteiger partial charge on any atom is 0.124 e. The van der Waals surface area contributed by atoms with E-state index >= 15 is 0 Å². The molecule has 2 aromatic rings. The van der Waals surface area contributed by atoms with E-state index in [4.69, 9.17) is 9.47 Å². The van der Waals surface area contributed by atoms with Gasteiger partial charge < -0.3 is 19.9 Å². The quantitative estimate of drug-likeness (QED) is 0.834. The van der Waals surface area contributed by atoms with Crippen molar-refractivity contribution in [3.63, 3.8) is 0 Å². The Bertz CT molecular complexity index is 604. The standard InChI is InChI=1S/C16H18BrNO3/c1-20-13-6-7-16(21-2)14(9-13)15(19)10-18-12-5-3-4-11(17)8-12/h3-9,15,18-19H,10H2,1-2H3. The molecule has 0 aliphatic carbocycles. The first-order valence-electron chi connectivity index (χ1n) is 6.53. The number of hydrogen-bond acceptors (Lipinski definition) is 4. The molecule has 0 aromatic heterocycles. The van der Waals surface area contributed by atoms with Gasteiger partial charge >= 0.3 is 0 Å². The normalized spacial score (nSPS) is 11.8. The maximum absolute atomic E-state index is 10.4. The highest BCUT2D eigenvalue weighted by Crippen LogP contribution is 2.29. The molecule has 1 atom stereocenters. The van der Waals surface area contributed by atoms with Crippen molar-refractivity contribution >= 4 is 21.6 Å². The Morgan fingerprint density at radius 3 is 2.62 bits per heavy atom. The van der Waals surface area contributed by atoms with Gasteiger partial charge in [0.25, 0.3) is 0 Å². The molecule has 0 aliphatic heterocycles. The number of methoxy groups -OCH3 is 2.